The number of nitrogens with one attached hydrogen (secondary N) is 1. The van der Waals surface area contributed by atoms with Crippen molar-refractivity contribution in [2.75, 3.05) is 26.3 Å². The van der Waals surface area contributed by atoms with Crippen molar-refractivity contribution in [3.8, 4) is 0 Å². The van der Waals surface area contributed by atoms with Gasteiger partial charge in [0, 0.05) is 6.61 Å². The SMILES string of the molecule is CC(C)CNCCCCOCCc1ccccc1. The van der Waals surface area contributed by atoms with Gasteiger partial charge >= 0.3 is 0 Å². The molecule has 0 saturated heterocycles. The molecule has 18 heavy (non-hydrogen) atoms. The molecule has 0 unspecified atom stereocenters. The summed E-state index contributed by atoms with van der Waals surface area (Å²) in [4.78, 5) is 0. The van der Waals surface area contributed by atoms with E-state index in [1.807, 2.05) is 0 Å². The molecule has 0 aliphatic rings. The van der Waals surface area contributed by atoms with Gasteiger partial charge in [-0.3, -0.25) is 0 Å². The molecule has 2 nitrogen and oxygen atoms in total. The summed E-state index contributed by atoms with van der Waals surface area (Å²) in [6.45, 7) is 8.42. The van der Waals surface area contributed by atoms with Crippen LogP contribution in [-0.2, 0) is 11.2 Å². The Morgan fingerprint density at radius 1 is 1.06 bits per heavy atom. The van der Waals surface area contributed by atoms with Crippen molar-refractivity contribution >= 4 is 0 Å². The van der Waals surface area contributed by atoms with Crippen molar-refractivity contribution < 1.29 is 4.74 Å². The Bertz CT molecular complexity index is 284. The Hall–Kier alpha value is -0.860. The quantitative estimate of drug-likeness (QED) is 0.643. The molecule has 1 aromatic rings. The van der Waals surface area contributed by atoms with Gasteiger partial charge in [-0.05, 0) is 43.8 Å². The van der Waals surface area contributed by atoms with Gasteiger partial charge in [-0.1, -0.05) is 44.2 Å². The molecule has 1 N–H and O–H groups in total. The Morgan fingerprint density at radius 2 is 1.83 bits per heavy atom. The monoisotopic (exact) mass is 249 g/mol. The maximum absolute atomic E-state index is 5.64. The maximum Gasteiger partial charge on any atom is 0.0506 e. The molecule has 1 rings (SSSR count). The summed E-state index contributed by atoms with van der Waals surface area (Å²) >= 11 is 0. The number of ether oxygens (including phenoxy) is 1. The van der Waals surface area contributed by atoms with Crippen molar-refractivity contribution in [1.82, 2.24) is 5.32 Å². The van der Waals surface area contributed by atoms with Crippen molar-refractivity contribution in [1.29, 1.82) is 0 Å². The molecule has 0 spiro atoms. The first kappa shape index (κ1) is 15.2. The van der Waals surface area contributed by atoms with E-state index in [9.17, 15) is 0 Å². The lowest BCUT2D eigenvalue weighted by molar-refractivity contribution is 0.133. The minimum absolute atomic E-state index is 0.743. The van der Waals surface area contributed by atoms with Crippen molar-refractivity contribution in [2.45, 2.75) is 33.1 Å². The lowest BCUT2D eigenvalue weighted by atomic mass is 10.2. The number of hydrogen-bond acceptors (Lipinski definition) is 2. The number of unbranched alkanes of at least 4 members (excludes halogenated alkanes) is 1. The van der Waals surface area contributed by atoms with E-state index < -0.39 is 0 Å². The van der Waals surface area contributed by atoms with Crippen LogP contribution in [0.3, 0.4) is 0 Å². The molecule has 0 aliphatic carbocycles. The van der Waals surface area contributed by atoms with Gasteiger partial charge in [0.15, 0.2) is 0 Å². The van der Waals surface area contributed by atoms with Crippen molar-refractivity contribution in [2.24, 2.45) is 5.92 Å². The van der Waals surface area contributed by atoms with E-state index in [1.165, 1.54) is 12.0 Å². The van der Waals surface area contributed by atoms with Gasteiger partial charge in [0.05, 0.1) is 6.61 Å². The van der Waals surface area contributed by atoms with Crippen molar-refractivity contribution in [3.63, 3.8) is 0 Å². The molecule has 0 amide bonds. The predicted molar refractivity (Wildman–Crippen MR) is 77.9 cm³/mol. The lowest BCUT2D eigenvalue weighted by Gasteiger charge is -2.07. The minimum atomic E-state index is 0.743. The Kier molecular flexibility index (Phi) is 8.53. The highest BCUT2D eigenvalue weighted by Crippen LogP contribution is 2.00. The van der Waals surface area contributed by atoms with E-state index in [2.05, 4.69) is 49.5 Å². The van der Waals surface area contributed by atoms with Gasteiger partial charge in [-0.25, -0.2) is 0 Å². The zero-order valence-electron chi connectivity index (χ0n) is 11.8. The number of hydrogen-bond donors (Lipinski definition) is 1. The second-order valence-corrected chi connectivity index (χ2v) is 5.15. The first-order valence-electron chi connectivity index (χ1n) is 7.11. The van der Waals surface area contributed by atoms with Crippen LogP contribution in [0.4, 0.5) is 0 Å². The van der Waals surface area contributed by atoms with Crippen LogP contribution >= 0.6 is 0 Å². The van der Waals surface area contributed by atoms with E-state index in [4.69, 9.17) is 4.74 Å². The lowest BCUT2D eigenvalue weighted by Crippen LogP contribution is -2.20. The fraction of sp³-hybridized carbons (Fsp3) is 0.625. The van der Waals surface area contributed by atoms with Crippen LogP contribution in [0.15, 0.2) is 30.3 Å². The summed E-state index contributed by atoms with van der Waals surface area (Å²) in [5.41, 5.74) is 1.36. The van der Waals surface area contributed by atoms with E-state index in [0.717, 1.165) is 45.1 Å². The van der Waals surface area contributed by atoms with Crippen LogP contribution < -0.4 is 5.32 Å². The fourth-order valence-corrected chi connectivity index (χ4v) is 1.78. The molecule has 0 saturated carbocycles. The predicted octanol–water partition coefficient (Wildman–Crippen LogP) is 3.27. The second-order valence-electron chi connectivity index (χ2n) is 5.15. The molecule has 0 radical (unpaired) electrons. The molecule has 2 heteroatoms. The van der Waals surface area contributed by atoms with E-state index >= 15 is 0 Å². The summed E-state index contributed by atoms with van der Waals surface area (Å²) in [5, 5.41) is 3.45. The van der Waals surface area contributed by atoms with Crippen molar-refractivity contribution in [3.05, 3.63) is 35.9 Å². The van der Waals surface area contributed by atoms with E-state index in [-0.39, 0.29) is 0 Å². The van der Waals surface area contributed by atoms with Gasteiger partial charge in [0.25, 0.3) is 0 Å². The van der Waals surface area contributed by atoms with Crippen LogP contribution in [0.1, 0.15) is 32.3 Å². The number of rotatable bonds is 10. The molecule has 0 bridgehead atoms. The summed E-state index contributed by atoms with van der Waals surface area (Å²) in [7, 11) is 0. The van der Waals surface area contributed by atoms with Crippen LogP contribution in [0, 0.1) is 5.92 Å². The zero-order valence-corrected chi connectivity index (χ0v) is 11.8. The van der Waals surface area contributed by atoms with Gasteiger partial charge in [-0.2, -0.15) is 0 Å². The number of benzene rings is 1. The average Bonchev–Trinajstić information content (AvgIpc) is 2.37. The normalized spacial score (nSPS) is 11.1. The first-order chi connectivity index (χ1) is 8.79. The Morgan fingerprint density at radius 3 is 2.56 bits per heavy atom. The third-order valence-corrected chi connectivity index (χ3v) is 2.82. The highest BCUT2D eigenvalue weighted by molar-refractivity contribution is 5.14. The zero-order chi connectivity index (χ0) is 13.1. The van der Waals surface area contributed by atoms with E-state index in [0.29, 0.717) is 0 Å². The molecule has 0 heterocycles. The van der Waals surface area contributed by atoms with Gasteiger partial charge in [0.1, 0.15) is 0 Å². The van der Waals surface area contributed by atoms with Crippen LogP contribution in [-0.4, -0.2) is 26.3 Å². The molecule has 0 atom stereocenters. The topological polar surface area (TPSA) is 21.3 Å². The summed E-state index contributed by atoms with van der Waals surface area (Å²) < 4.78 is 5.64. The smallest absolute Gasteiger partial charge is 0.0506 e. The maximum atomic E-state index is 5.64. The van der Waals surface area contributed by atoms with Crippen LogP contribution in [0.5, 0.6) is 0 Å². The highest BCUT2D eigenvalue weighted by atomic mass is 16.5. The fourth-order valence-electron chi connectivity index (χ4n) is 1.78. The van der Waals surface area contributed by atoms with Gasteiger partial charge in [0.2, 0.25) is 0 Å². The van der Waals surface area contributed by atoms with Crippen LogP contribution in [0.25, 0.3) is 0 Å². The molecule has 102 valence electrons. The van der Waals surface area contributed by atoms with E-state index in [1.54, 1.807) is 0 Å². The molecular formula is C16H27NO. The minimum Gasteiger partial charge on any atom is -0.381 e. The molecule has 0 aromatic heterocycles. The standard InChI is InChI=1S/C16H27NO/c1-15(2)14-17-11-6-7-12-18-13-10-16-8-4-3-5-9-16/h3-5,8-9,15,17H,6-7,10-14H2,1-2H3. The Balaban J connectivity index is 1.84. The largest absolute Gasteiger partial charge is 0.381 e. The summed E-state index contributed by atoms with van der Waals surface area (Å²) in [6, 6.07) is 10.5. The molecule has 0 aliphatic heterocycles. The second kappa shape index (κ2) is 10.1. The van der Waals surface area contributed by atoms with Crippen LogP contribution in [0.2, 0.25) is 0 Å². The Labute approximate surface area is 112 Å². The third kappa shape index (κ3) is 8.26. The molecule has 1 aromatic carbocycles. The summed E-state index contributed by atoms with van der Waals surface area (Å²) in [6.07, 6.45) is 3.38. The van der Waals surface area contributed by atoms with Gasteiger partial charge < -0.3 is 10.1 Å². The summed E-state index contributed by atoms with van der Waals surface area (Å²) in [5.74, 6) is 0.743. The first-order valence-corrected chi connectivity index (χ1v) is 7.11. The van der Waals surface area contributed by atoms with Gasteiger partial charge in [-0.15, -0.1) is 0 Å². The average molecular weight is 249 g/mol. The highest BCUT2D eigenvalue weighted by Gasteiger charge is 1.94. The molecule has 0 fully saturated rings. The third-order valence-electron chi connectivity index (χ3n) is 2.82. The molecular weight excluding hydrogens is 222 g/mol.